The third-order valence-electron chi connectivity index (χ3n) is 2.13. The second-order valence-corrected chi connectivity index (χ2v) is 4.68. The molecule has 2 N–H and O–H groups in total. The molecule has 0 aliphatic heterocycles. The van der Waals surface area contributed by atoms with E-state index < -0.39 is 0 Å². The highest BCUT2D eigenvalue weighted by atomic mass is 14.6. The molecule has 0 aliphatic rings. The van der Waals surface area contributed by atoms with Gasteiger partial charge in [0.05, 0.1) is 0 Å². The van der Waals surface area contributed by atoms with Crippen molar-refractivity contribution >= 4 is 0 Å². The summed E-state index contributed by atoms with van der Waals surface area (Å²) < 4.78 is 0. The fourth-order valence-corrected chi connectivity index (χ4v) is 1.83. The van der Waals surface area contributed by atoms with Gasteiger partial charge in [-0.2, -0.15) is 0 Å². The van der Waals surface area contributed by atoms with Crippen LogP contribution in [0.2, 0.25) is 0 Å². The van der Waals surface area contributed by atoms with Crippen LogP contribution in [0.25, 0.3) is 0 Å². The van der Waals surface area contributed by atoms with Crippen molar-refractivity contribution < 1.29 is 0 Å². The molecule has 0 rings (SSSR count). The minimum Gasteiger partial charge on any atom is -0.402 e. The lowest BCUT2D eigenvalue weighted by Crippen LogP contribution is -2.12. The standard InChI is InChI=1S/C12H23N/c1-6-7-12(4,5)9-10(2)8-11(3)13/h2-3,6-9,13H2,1,4-5H3. The maximum Gasteiger partial charge on any atom is 0.00710 e. The molecule has 0 aromatic rings. The van der Waals surface area contributed by atoms with Gasteiger partial charge < -0.3 is 5.73 Å². The Bertz CT molecular complexity index is 189. The fourth-order valence-electron chi connectivity index (χ4n) is 1.83. The van der Waals surface area contributed by atoms with Gasteiger partial charge in [-0.25, -0.2) is 0 Å². The van der Waals surface area contributed by atoms with E-state index >= 15 is 0 Å². The maximum absolute atomic E-state index is 5.53. The Balaban J connectivity index is 3.96. The van der Waals surface area contributed by atoms with E-state index in [4.69, 9.17) is 5.73 Å². The van der Waals surface area contributed by atoms with E-state index in [-0.39, 0.29) is 0 Å². The molecule has 0 saturated carbocycles. The van der Waals surface area contributed by atoms with Gasteiger partial charge in [0.15, 0.2) is 0 Å². The monoisotopic (exact) mass is 181 g/mol. The number of allylic oxidation sites excluding steroid dienone is 1. The maximum atomic E-state index is 5.53. The van der Waals surface area contributed by atoms with Gasteiger partial charge >= 0.3 is 0 Å². The van der Waals surface area contributed by atoms with Crippen LogP contribution in [-0.2, 0) is 0 Å². The molecule has 13 heavy (non-hydrogen) atoms. The van der Waals surface area contributed by atoms with Crippen molar-refractivity contribution in [3.05, 3.63) is 24.4 Å². The van der Waals surface area contributed by atoms with Gasteiger partial charge in [0.1, 0.15) is 0 Å². The van der Waals surface area contributed by atoms with Crippen LogP contribution in [0.1, 0.15) is 46.5 Å². The summed E-state index contributed by atoms with van der Waals surface area (Å²) in [5, 5.41) is 0. The van der Waals surface area contributed by atoms with E-state index in [1.807, 2.05) is 0 Å². The van der Waals surface area contributed by atoms with Crippen LogP contribution in [0.4, 0.5) is 0 Å². The Hall–Kier alpha value is -0.720. The Kier molecular flexibility index (Phi) is 4.82. The lowest BCUT2D eigenvalue weighted by molar-refractivity contribution is 0.326. The normalized spacial score (nSPS) is 11.3. The van der Waals surface area contributed by atoms with E-state index in [2.05, 4.69) is 33.9 Å². The highest BCUT2D eigenvalue weighted by Gasteiger charge is 2.17. The Morgan fingerprint density at radius 3 is 2.23 bits per heavy atom. The molecule has 0 heterocycles. The first-order valence-corrected chi connectivity index (χ1v) is 4.97. The SMILES string of the molecule is C=C(N)CC(=C)CC(C)(C)CCC. The van der Waals surface area contributed by atoms with Crippen molar-refractivity contribution in [1.82, 2.24) is 0 Å². The van der Waals surface area contributed by atoms with Crippen LogP contribution in [0.5, 0.6) is 0 Å². The predicted molar refractivity (Wildman–Crippen MR) is 60.4 cm³/mol. The fraction of sp³-hybridized carbons (Fsp3) is 0.667. The molecule has 0 spiro atoms. The number of hydrogen-bond donors (Lipinski definition) is 1. The Labute approximate surface area is 82.7 Å². The first-order valence-electron chi connectivity index (χ1n) is 4.97. The molecular weight excluding hydrogens is 158 g/mol. The molecule has 0 bridgehead atoms. The zero-order valence-electron chi connectivity index (χ0n) is 9.32. The number of hydrogen-bond acceptors (Lipinski definition) is 1. The molecule has 0 aromatic carbocycles. The van der Waals surface area contributed by atoms with E-state index in [9.17, 15) is 0 Å². The molecule has 0 aromatic heterocycles. The molecule has 0 aliphatic carbocycles. The van der Waals surface area contributed by atoms with Crippen molar-refractivity contribution in [3.8, 4) is 0 Å². The third-order valence-corrected chi connectivity index (χ3v) is 2.13. The van der Waals surface area contributed by atoms with Crippen LogP contribution in [0, 0.1) is 5.41 Å². The third kappa shape index (κ3) is 6.44. The first kappa shape index (κ1) is 12.3. The smallest absolute Gasteiger partial charge is 0.00710 e. The average molecular weight is 181 g/mol. The van der Waals surface area contributed by atoms with Crippen LogP contribution in [0.15, 0.2) is 24.4 Å². The largest absolute Gasteiger partial charge is 0.402 e. The van der Waals surface area contributed by atoms with Gasteiger partial charge in [-0.1, -0.05) is 45.9 Å². The quantitative estimate of drug-likeness (QED) is 0.622. The van der Waals surface area contributed by atoms with Crippen LogP contribution >= 0.6 is 0 Å². The Morgan fingerprint density at radius 1 is 1.31 bits per heavy atom. The summed E-state index contributed by atoms with van der Waals surface area (Å²) in [4.78, 5) is 0. The summed E-state index contributed by atoms with van der Waals surface area (Å²) in [6.07, 6.45) is 4.29. The van der Waals surface area contributed by atoms with E-state index in [0.717, 1.165) is 18.5 Å². The molecule has 1 heteroatoms. The average Bonchev–Trinajstić information content (AvgIpc) is 1.81. The van der Waals surface area contributed by atoms with Gasteiger partial charge in [-0.3, -0.25) is 0 Å². The summed E-state index contributed by atoms with van der Waals surface area (Å²) in [6.45, 7) is 14.5. The minimum atomic E-state index is 0.362. The number of nitrogens with two attached hydrogens (primary N) is 1. The van der Waals surface area contributed by atoms with Crippen molar-refractivity contribution in [2.24, 2.45) is 11.1 Å². The molecular formula is C12H23N. The van der Waals surface area contributed by atoms with E-state index in [0.29, 0.717) is 5.41 Å². The summed E-state index contributed by atoms with van der Waals surface area (Å²) in [5.41, 5.74) is 7.81. The van der Waals surface area contributed by atoms with Crippen LogP contribution in [-0.4, -0.2) is 0 Å². The summed E-state index contributed by atoms with van der Waals surface area (Å²) in [6, 6.07) is 0. The molecule has 0 radical (unpaired) electrons. The summed E-state index contributed by atoms with van der Waals surface area (Å²) in [7, 11) is 0. The van der Waals surface area contributed by atoms with Gasteiger partial charge in [-0.15, -0.1) is 0 Å². The predicted octanol–water partition coefficient (Wildman–Crippen LogP) is 3.62. The highest BCUT2D eigenvalue weighted by molar-refractivity contribution is 5.08. The molecule has 0 fully saturated rings. The van der Waals surface area contributed by atoms with Crippen molar-refractivity contribution in [2.75, 3.05) is 0 Å². The Morgan fingerprint density at radius 2 is 1.85 bits per heavy atom. The van der Waals surface area contributed by atoms with Crippen molar-refractivity contribution in [1.29, 1.82) is 0 Å². The van der Waals surface area contributed by atoms with Gasteiger partial charge in [0.25, 0.3) is 0 Å². The first-order chi connectivity index (χ1) is 5.87. The van der Waals surface area contributed by atoms with Gasteiger partial charge in [-0.05, 0) is 18.3 Å². The zero-order chi connectivity index (χ0) is 10.5. The molecule has 0 unspecified atom stereocenters. The van der Waals surface area contributed by atoms with Crippen LogP contribution < -0.4 is 5.73 Å². The summed E-state index contributed by atoms with van der Waals surface area (Å²) in [5.74, 6) is 0. The molecule has 0 saturated heterocycles. The van der Waals surface area contributed by atoms with Gasteiger partial charge in [0, 0.05) is 12.1 Å². The molecule has 0 atom stereocenters. The van der Waals surface area contributed by atoms with Crippen molar-refractivity contribution in [2.45, 2.75) is 46.5 Å². The second kappa shape index (κ2) is 5.11. The van der Waals surface area contributed by atoms with Crippen LogP contribution in [0.3, 0.4) is 0 Å². The molecule has 76 valence electrons. The minimum absolute atomic E-state index is 0.362. The van der Waals surface area contributed by atoms with Crippen molar-refractivity contribution in [3.63, 3.8) is 0 Å². The highest BCUT2D eigenvalue weighted by Crippen LogP contribution is 2.31. The number of rotatable bonds is 6. The topological polar surface area (TPSA) is 26.0 Å². The summed E-state index contributed by atoms with van der Waals surface area (Å²) >= 11 is 0. The van der Waals surface area contributed by atoms with Gasteiger partial charge in [0.2, 0.25) is 0 Å². The lowest BCUT2D eigenvalue weighted by atomic mass is 9.81. The zero-order valence-corrected chi connectivity index (χ0v) is 9.32. The molecule has 1 nitrogen and oxygen atoms in total. The second-order valence-electron chi connectivity index (χ2n) is 4.68. The lowest BCUT2D eigenvalue weighted by Gasteiger charge is -2.25. The molecule has 0 amide bonds. The van der Waals surface area contributed by atoms with E-state index in [1.54, 1.807) is 0 Å². The van der Waals surface area contributed by atoms with E-state index in [1.165, 1.54) is 18.4 Å².